The molecule has 0 amide bonds. The van der Waals surface area contributed by atoms with E-state index < -0.39 is 11.9 Å². The van der Waals surface area contributed by atoms with Crippen molar-refractivity contribution in [1.82, 2.24) is 4.98 Å². The molecular formula is C9H11F3N2O. The lowest BCUT2D eigenvalue weighted by Gasteiger charge is -2.10. The molecule has 6 heteroatoms. The number of hydrogen-bond donors (Lipinski definition) is 1. The van der Waals surface area contributed by atoms with Crippen molar-refractivity contribution in [1.29, 1.82) is 0 Å². The number of ether oxygens (including phenoxy) is 1. The van der Waals surface area contributed by atoms with Crippen LogP contribution in [-0.4, -0.2) is 18.6 Å². The van der Waals surface area contributed by atoms with Crippen molar-refractivity contribution in [2.75, 3.05) is 13.7 Å². The van der Waals surface area contributed by atoms with Crippen LogP contribution in [0.5, 0.6) is 5.88 Å². The molecule has 2 N–H and O–H groups in total. The second-order valence-corrected chi connectivity index (χ2v) is 2.90. The smallest absolute Gasteiger partial charge is 0.433 e. The topological polar surface area (TPSA) is 48.1 Å². The van der Waals surface area contributed by atoms with E-state index in [0.29, 0.717) is 18.5 Å². The Kier molecular flexibility index (Phi) is 3.52. The third kappa shape index (κ3) is 2.82. The second-order valence-electron chi connectivity index (χ2n) is 2.90. The Balaban J connectivity index is 3.08. The first-order valence-electron chi connectivity index (χ1n) is 4.30. The fraction of sp³-hybridized carbons (Fsp3) is 0.444. The molecule has 0 saturated carbocycles. The number of pyridine rings is 1. The van der Waals surface area contributed by atoms with Gasteiger partial charge in [0.25, 0.3) is 0 Å². The van der Waals surface area contributed by atoms with Crippen LogP contribution in [0.1, 0.15) is 11.3 Å². The van der Waals surface area contributed by atoms with Gasteiger partial charge >= 0.3 is 6.18 Å². The van der Waals surface area contributed by atoms with Crippen molar-refractivity contribution in [2.24, 2.45) is 5.73 Å². The van der Waals surface area contributed by atoms with Gasteiger partial charge in [-0.3, -0.25) is 0 Å². The summed E-state index contributed by atoms with van der Waals surface area (Å²) in [7, 11) is 1.28. The van der Waals surface area contributed by atoms with E-state index in [1.807, 2.05) is 0 Å². The summed E-state index contributed by atoms with van der Waals surface area (Å²) in [6.45, 7) is 0.337. The fourth-order valence-electron chi connectivity index (χ4n) is 1.15. The first kappa shape index (κ1) is 11.8. The molecule has 0 fully saturated rings. The largest absolute Gasteiger partial charge is 0.481 e. The van der Waals surface area contributed by atoms with Crippen molar-refractivity contribution in [3.63, 3.8) is 0 Å². The Hall–Kier alpha value is -1.30. The highest BCUT2D eigenvalue weighted by molar-refractivity contribution is 5.29. The molecular weight excluding hydrogens is 209 g/mol. The molecule has 0 aliphatic heterocycles. The Morgan fingerprint density at radius 3 is 2.53 bits per heavy atom. The molecule has 0 atom stereocenters. The van der Waals surface area contributed by atoms with Crippen LogP contribution in [0.15, 0.2) is 12.1 Å². The predicted octanol–water partition coefficient (Wildman–Crippen LogP) is 1.61. The molecule has 0 spiro atoms. The number of hydrogen-bond acceptors (Lipinski definition) is 3. The van der Waals surface area contributed by atoms with E-state index in [9.17, 15) is 13.2 Å². The van der Waals surface area contributed by atoms with Crippen LogP contribution in [0.25, 0.3) is 0 Å². The molecule has 0 unspecified atom stereocenters. The Morgan fingerprint density at radius 1 is 1.40 bits per heavy atom. The van der Waals surface area contributed by atoms with Gasteiger partial charge in [0.1, 0.15) is 5.69 Å². The van der Waals surface area contributed by atoms with Gasteiger partial charge in [-0.1, -0.05) is 6.07 Å². The number of aromatic nitrogens is 1. The quantitative estimate of drug-likeness (QED) is 0.841. The molecule has 1 rings (SSSR count). The summed E-state index contributed by atoms with van der Waals surface area (Å²) in [4.78, 5) is 3.38. The summed E-state index contributed by atoms with van der Waals surface area (Å²) >= 11 is 0. The van der Waals surface area contributed by atoms with Crippen LogP contribution in [0.2, 0.25) is 0 Å². The highest BCUT2D eigenvalue weighted by Gasteiger charge is 2.33. The van der Waals surface area contributed by atoms with Gasteiger partial charge in [-0.05, 0) is 19.0 Å². The van der Waals surface area contributed by atoms with E-state index in [4.69, 9.17) is 10.5 Å². The lowest BCUT2D eigenvalue weighted by molar-refractivity contribution is -0.141. The number of methoxy groups -OCH3 is 1. The molecule has 0 aromatic carbocycles. The van der Waals surface area contributed by atoms with Crippen molar-refractivity contribution in [3.8, 4) is 5.88 Å². The minimum absolute atomic E-state index is 0.0183. The van der Waals surface area contributed by atoms with Crippen molar-refractivity contribution in [3.05, 3.63) is 23.4 Å². The Morgan fingerprint density at radius 2 is 2.07 bits per heavy atom. The van der Waals surface area contributed by atoms with Gasteiger partial charge in [0, 0.05) is 5.56 Å². The number of nitrogens with two attached hydrogens (primary N) is 1. The van der Waals surface area contributed by atoms with E-state index in [1.54, 1.807) is 0 Å². The summed E-state index contributed by atoms with van der Waals surface area (Å²) in [5.74, 6) is -0.0183. The van der Waals surface area contributed by atoms with Gasteiger partial charge in [0.2, 0.25) is 5.88 Å². The molecule has 0 saturated heterocycles. The lowest BCUT2D eigenvalue weighted by atomic mass is 10.2. The van der Waals surface area contributed by atoms with Crippen LogP contribution in [0.3, 0.4) is 0 Å². The average Bonchev–Trinajstić information content (AvgIpc) is 2.17. The Bertz CT molecular complexity index is 339. The highest BCUT2D eigenvalue weighted by atomic mass is 19.4. The SMILES string of the molecule is COc1nc(C(F)(F)F)ccc1CCN. The summed E-state index contributed by atoms with van der Waals surface area (Å²) in [6, 6.07) is 2.26. The van der Waals surface area contributed by atoms with E-state index in [-0.39, 0.29) is 5.88 Å². The number of alkyl halides is 3. The molecule has 0 aliphatic rings. The molecule has 0 aliphatic carbocycles. The second kappa shape index (κ2) is 4.48. The normalized spacial score (nSPS) is 11.5. The van der Waals surface area contributed by atoms with Crippen LogP contribution >= 0.6 is 0 Å². The first-order chi connectivity index (χ1) is 6.99. The van der Waals surface area contributed by atoms with Crippen molar-refractivity contribution in [2.45, 2.75) is 12.6 Å². The van der Waals surface area contributed by atoms with Gasteiger partial charge in [-0.2, -0.15) is 13.2 Å². The molecule has 84 valence electrons. The third-order valence-electron chi connectivity index (χ3n) is 1.84. The van der Waals surface area contributed by atoms with E-state index in [1.165, 1.54) is 13.2 Å². The number of rotatable bonds is 3. The molecule has 1 aromatic rings. The molecule has 1 heterocycles. The lowest BCUT2D eigenvalue weighted by Crippen LogP contribution is -2.11. The van der Waals surface area contributed by atoms with Crippen LogP contribution in [-0.2, 0) is 12.6 Å². The maximum atomic E-state index is 12.3. The zero-order chi connectivity index (χ0) is 11.5. The minimum atomic E-state index is -4.45. The maximum absolute atomic E-state index is 12.3. The van der Waals surface area contributed by atoms with E-state index in [0.717, 1.165) is 6.07 Å². The first-order valence-corrected chi connectivity index (χ1v) is 4.30. The van der Waals surface area contributed by atoms with Crippen LogP contribution in [0.4, 0.5) is 13.2 Å². The summed E-state index contributed by atoms with van der Waals surface area (Å²) < 4.78 is 41.6. The number of halogens is 3. The predicted molar refractivity (Wildman–Crippen MR) is 48.5 cm³/mol. The van der Waals surface area contributed by atoms with E-state index >= 15 is 0 Å². The van der Waals surface area contributed by atoms with Crippen LogP contribution < -0.4 is 10.5 Å². The Labute approximate surface area is 85.1 Å². The third-order valence-corrected chi connectivity index (χ3v) is 1.84. The van der Waals surface area contributed by atoms with Gasteiger partial charge in [-0.25, -0.2) is 4.98 Å². The van der Waals surface area contributed by atoms with Gasteiger partial charge in [0.05, 0.1) is 7.11 Å². The maximum Gasteiger partial charge on any atom is 0.433 e. The van der Waals surface area contributed by atoms with Crippen molar-refractivity contribution < 1.29 is 17.9 Å². The molecule has 15 heavy (non-hydrogen) atoms. The molecule has 0 bridgehead atoms. The van der Waals surface area contributed by atoms with Gasteiger partial charge in [0.15, 0.2) is 0 Å². The highest BCUT2D eigenvalue weighted by Crippen LogP contribution is 2.30. The summed E-state index contributed by atoms with van der Waals surface area (Å²) in [5, 5.41) is 0. The van der Waals surface area contributed by atoms with Gasteiger partial charge < -0.3 is 10.5 Å². The monoisotopic (exact) mass is 220 g/mol. The van der Waals surface area contributed by atoms with Crippen LogP contribution in [0, 0.1) is 0 Å². The molecule has 0 radical (unpaired) electrons. The molecule has 3 nitrogen and oxygen atoms in total. The summed E-state index contributed by atoms with van der Waals surface area (Å²) in [5.41, 5.74) is 4.92. The summed E-state index contributed by atoms with van der Waals surface area (Å²) in [6.07, 6.45) is -4.01. The standard InChI is InChI=1S/C9H11F3N2O/c1-15-8-6(4-5-13)2-3-7(14-8)9(10,11)12/h2-3H,4-5,13H2,1H3. The van der Waals surface area contributed by atoms with Gasteiger partial charge in [-0.15, -0.1) is 0 Å². The number of nitrogens with zero attached hydrogens (tertiary/aromatic N) is 1. The van der Waals surface area contributed by atoms with Crippen molar-refractivity contribution >= 4 is 0 Å². The van der Waals surface area contributed by atoms with E-state index in [2.05, 4.69) is 4.98 Å². The fourth-order valence-corrected chi connectivity index (χ4v) is 1.15. The zero-order valence-corrected chi connectivity index (χ0v) is 8.14. The molecule has 1 aromatic heterocycles. The minimum Gasteiger partial charge on any atom is -0.481 e. The zero-order valence-electron chi connectivity index (χ0n) is 8.14. The average molecular weight is 220 g/mol.